The van der Waals surface area contributed by atoms with Gasteiger partial charge in [0.05, 0.1) is 16.7 Å². The van der Waals surface area contributed by atoms with Gasteiger partial charge in [0.2, 0.25) is 0 Å². The monoisotopic (exact) mass is 1370 g/mol. The van der Waals surface area contributed by atoms with E-state index in [2.05, 4.69) is 89.7 Å². The Balaban J connectivity index is 0.00000976. The van der Waals surface area contributed by atoms with Gasteiger partial charge in [-0.2, -0.15) is 18.2 Å². The number of hydrogen-bond acceptors (Lipinski definition) is 2. The van der Waals surface area contributed by atoms with Gasteiger partial charge in [0.25, 0.3) is 6.33 Å². The number of imidazole rings is 1. The van der Waals surface area contributed by atoms with Crippen LogP contribution in [0.2, 0.25) is 0 Å². The van der Waals surface area contributed by atoms with E-state index >= 15 is 0 Å². The molecule has 0 saturated heterocycles. The van der Waals surface area contributed by atoms with E-state index in [0.29, 0.717) is 50.4 Å². The Morgan fingerprint density at radius 3 is 1.68 bits per heavy atom. The number of para-hydroxylation sites is 1. The second kappa shape index (κ2) is 21.7. The molecule has 5 nitrogen and oxygen atoms in total. The second-order valence-corrected chi connectivity index (χ2v) is 26.1. The van der Waals surface area contributed by atoms with E-state index in [1.54, 1.807) is 51.7 Å². The summed E-state index contributed by atoms with van der Waals surface area (Å²) in [6.45, 7) is -2.67. The molecule has 4 heterocycles. The first-order valence-electron chi connectivity index (χ1n) is 39.1. The Morgan fingerprint density at radius 1 is 0.500 bits per heavy atom. The van der Waals surface area contributed by atoms with Gasteiger partial charge in [-0.1, -0.05) is 163 Å². The van der Waals surface area contributed by atoms with E-state index in [4.69, 9.17) is 26.2 Å². The molecule has 0 N–H and O–H groups in total. The normalized spacial score (nSPS) is 17.6. The van der Waals surface area contributed by atoms with Gasteiger partial charge < -0.3 is 13.9 Å². The summed E-state index contributed by atoms with van der Waals surface area (Å²) in [5.41, 5.74) is 4.97. The maximum absolute atomic E-state index is 9.36. The molecular weight excluding hydrogens is 1280 g/mol. The molecule has 1 aliphatic heterocycles. The van der Waals surface area contributed by atoms with Crippen molar-refractivity contribution in [2.75, 3.05) is 0 Å². The Kier molecular flexibility index (Phi) is 9.97. The van der Waals surface area contributed by atoms with Crippen LogP contribution in [0.3, 0.4) is 0 Å². The molecule has 0 spiro atoms. The molecule has 90 heavy (non-hydrogen) atoms. The number of ether oxygens (including phenoxy) is 1. The van der Waals surface area contributed by atoms with Crippen molar-refractivity contribution in [1.29, 1.82) is 0 Å². The number of fused-ring (bicyclic) bond motifs is 11. The Bertz CT molecular complexity index is 5740. The number of benzene rings is 10. The first-order chi connectivity index (χ1) is 50.0. The number of rotatable bonds is 7. The Morgan fingerprint density at radius 2 is 1.04 bits per heavy atom. The average Bonchev–Trinajstić information content (AvgIpc) is 1.46. The molecule has 1 aliphatic carbocycles. The molecule has 0 unspecified atom stereocenters. The van der Waals surface area contributed by atoms with Crippen molar-refractivity contribution in [1.82, 2.24) is 14.1 Å². The van der Waals surface area contributed by atoms with Gasteiger partial charge in [0, 0.05) is 69.0 Å². The predicted octanol–water partition coefficient (Wildman–Crippen LogP) is 21.4. The molecule has 0 fully saturated rings. The van der Waals surface area contributed by atoms with Crippen LogP contribution in [0.4, 0.5) is 0 Å². The van der Waals surface area contributed by atoms with Crippen LogP contribution in [0.1, 0.15) is 136 Å². The summed E-state index contributed by atoms with van der Waals surface area (Å²) < 4.78 is 177. The Hall–Kier alpha value is -8.89. The molecule has 0 bridgehead atoms. The molecule has 0 atom stereocenters. The van der Waals surface area contributed by atoms with E-state index in [1.165, 1.54) is 60.7 Å². The zero-order valence-electron chi connectivity index (χ0n) is 68.8. The first-order valence-corrected chi connectivity index (χ1v) is 30.1. The molecule has 448 valence electrons. The van der Waals surface area contributed by atoms with Gasteiger partial charge in [-0.15, -0.1) is 29.7 Å². The fourth-order valence-corrected chi connectivity index (χ4v) is 13.8. The molecule has 13 aromatic rings. The molecule has 0 radical (unpaired) electrons. The number of aromatic nitrogens is 4. The zero-order valence-corrected chi connectivity index (χ0v) is 53.1. The second-order valence-electron chi connectivity index (χ2n) is 26.1. The van der Waals surface area contributed by atoms with Crippen LogP contribution in [-0.2, 0) is 37.3 Å². The molecule has 10 aromatic carbocycles. The van der Waals surface area contributed by atoms with E-state index in [-0.39, 0.29) is 110 Å². The van der Waals surface area contributed by atoms with Crippen molar-refractivity contribution in [2.24, 2.45) is 0 Å². The van der Waals surface area contributed by atoms with Gasteiger partial charge in [-0.25, -0.2) is 4.98 Å². The third kappa shape index (κ3) is 9.52. The largest absolute Gasteiger partial charge is 0.510 e. The van der Waals surface area contributed by atoms with Crippen LogP contribution in [0.25, 0.3) is 117 Å². The summed E-state index contributed by atoms with van der Waals surface area (Å²) in [6, 6.07) is 58.9. The zero-order chi connectivity index (χ0) is 76.6. The minimum atomic E-state index is -3.05. The summed E-state index contributed by atoms with van der Waals surface area (Å²) >= 11 is 0. The van der Waals surface area contributed by atoms with Gasteiger partial charge in [-0.3, -0.25) is 4.57 Å². The number of aryl methyl sites for hydroxylation is 6. The van der Waals surface area contributed by atoms with Gasteiger partial charge in [-0.05, 0) is 241 Å². The molecule has 6 heteroatoms. The molecule has 15 rings (SSSR count). The van der Waals surface area contributed by atoms with E-state index in [9.17, 15) is 8.22 Å². The summed E-state index contributed by atoms with van der Waals surface area (Å²) in [6.07, 6.45) is 7.03. The predicted molar refractivity (Wildman–Crippen MR) is 369 cm³/mol. The summed E-state index contributed by atoms with van der Waals surface area (Å²) in [7, 11) is 0. The maximum atomic E-state index is 9.36. The van der Waals surface area contributed by atoms with Gasteiger partial charge in [0.1, 0.15) is 5.82 Å². The van der Waals surface area contributed by atoms with Crippen LogP contribution in [0.5, 0.6) is 11.5 Å². The molecule has 0 amide bonds. The van der Waals surface area contributed by atoms with Crippen molar-refractivity contribution >= 4 is 32.8 Å². The van der Waals surface area contributed by atoms with Gasteiger partial charge >= 0.3 is 0 Å². The van der Waals surface area contributed by atoms with E-state index in [1.807, 2.05) is 66.7 Å². The van der Waals surface area contributed by atoms with Crippen LogP contribution in [-0.4, -0.2) is 14.1 Å². The quantitative estimate of drug-likeness (QED) is 0.118. The minimum Gasteiger partial charge on any atom is -0.510 e. The fraction of sp³-hybridized carbons (Fsp3) is 0.214. The van der Waals surface area contributed by atoms with E-state index < -0.39 is 63.1 Å². The van der Waals surface area contributed by atoms with E-state index in [0.717, 1.165) is 45.8 Å². The summed E-state index contributed by atoms with van der Waals surface area (Å²) in [5.74, 6) is 1.18. The number of nitrogens with zero attached hydrogens (tertiary/aromatic N) is 4. The third-order valence-electron chi connectivity index (χ3n) is 18.5. The topological polar surface area (TPSA) is 35.9 Å². The van der Waals surface area contributed by atoms with Crippen LogP contribution >= 0.6 is 0 Å². The fourth-order valence-electron chi connectivity index (χ4n) is 13.8. The van der Waals surface area contributed by atoms with Crippen molar-refractivity contribution in [2.45, 2.75) is 119 Å². The maximum Gasteiger partial charge on any atom is 0.268 e. The molecule has 2 aliphatic rings. The first kappa shape index (κ1) is 41.4. The van der Waals surface area contributed by atoms with Crippen LogP contribution in [0.15, 0.2) is 188 Å². The van der Waals surface area contributed by atoms with Gasteiger partial charge in [0.15, 0.2) is 0 Å². The van der Waals surface area contributed by atoms with Crippen molar-refractivity contribution in [3.8, 4) is 95.5 Å². The number of pyridine rings is 1. The van der Waals surface area contributed by atoms with Crippen molar-refractivity contribution in [3.05, 3.63) is 257 Å². The summed E-state index contributed by atoms with van der Waals surface area (Å²) in [5, 5.41) is 1.86. The van der Waals surface area contributed by atoms with Crippen LogP contribution in [0, 0.1) is 59.6 Å². The third-order valence-corrected chi connectivity index (χ3v) is 18.5. The molecule has 3 aromatic heterocycles. The smallest absolute Gasteiger partial charge is 0.268 e. The summed E-state index contributed by atoms with van der Waals surface area (Å²) in [4.78, 5) is 4.88. The minimum absolute atomic E-state index is 0. The number of hydrogen-bond donors (Lipinski definition) is 0. The SMILES string of the molecule is [2H]C([2H])([2H])c1cccc(C([2H])([2H])[2H])c1-c1cc2c(c(-c3c(C([2H])([2H])[2H])cccc3C([2H])([2H])[2H])c1)-[n+]1[c-]n(-c3[c-]c(Oc4[c-]c5c(cc4)c4ccccc4n5-c4cc(C(C)(C)C)ccn4)ccc3)c3cc(-c4c(C([2H])([2H])[2H])cccc4C([2H])([2H])[2H])cc(c31)-c1ccccc1-c1cc3c(cc1-2)C(C)(C)CCC3(C)C.[Pt]. The Labute approximate surface area is 570 Å². The average molecular weight is 1370 g/mol. The van der Waals surface area contributed by atoms with Crippen molar-refractivity contribution < 1.29 is 55.0 Å². The van der Waals surface area contributed by atoms with Crippen molar-refractivity contribution in [3.63, 3.8) is 0 Å². The standard InChI is InChI=1S/C84H74N4O.Pt/c1-50-22-18-23-51(2)77(50)56-40-69-67-48-72-71(83(10,11)37-38-84(72,12)13)47-66(67)62-30-14-15-31-63(62)68-41-57(78-52(3)24-19-25-53(78)4)43-75-81(68)87(80(69)70(42-56)79-54(5)26-20-27-55(79)6)49-86(75)59-28-21-29-60(45-59)89-61-34-35-65-64-32-16-17-33-73(64)88(74(65)46-61)76-44-58(36-39-85-76)82(7,8)9;/h14-36,39-44,47-48H,37-38H2,1-13H3;/q-2;/i1D3,2D3,3D3,4D3,5D3,6D3;. The molecular formula is C84H74N4OPt-2. The van der Waals surface area contributed by atoms with Crippen LogP contribution < -0.4 is 9.30 Å². The molecule has 0 saturated carbocycles.